The Morgan fingerprint density at radius 1 is 1.17 bits per heavy atom. The molecule has 0 radical (unpaired) electrons. The molecule has 0 saturated carbocycles. The summed E-state index contributed by atoms with van der Waals surface area (Å²) >= 11 is 0.677. The molecule has 30 heavy (non-hydrogen) atoms. The summed E-state index contributed by atoms with van der Waals surface area (Å²) in [4.78, 5) is 22.7. The van der Waals surface area contributed by atoms with Crippen LogP contribution in [0.15, 0.2) is 41.3 Å². The standard InChI is InChI=1S/C20H15F3N2O4S/c1-25-19(27)18(30-11-26)9-12-3-6-16(17(8-12)28-2)29-15-5-4-13(10-24)7-14(15)20(21,22)23/h3-9,11H,1-2H3,(H,25,27)/b18-9-. The van der Waals surface area contributed by atoms with Crippen LogP contribution in [-0.4, -0.2) is 25.7 Å². The minimum Gasteiger partial charge on any atom is -0.493 e. The minimum absolute atomic E-state index is 0.00519. The fraction of sp³-hybridized carbons (Fsp3) is 0.150. The lowest BCUT2D eigenvalue weighted by atomic mass is 10.1. The van der Waals surface area contributed by atoms with E-state index in [0.717, 1.165) is 6.07 Å². The summed E-state index contributed by atoms with van der Waals surface area (Å²) in [6.07, 6.45) is -3.31. The number of hydrogen-bond donors (Lipinski definition) is 1. The fourth-order valence-electron chi connectivity index (χ4n) is 2.37. The van der Waals surface area contributed by atoms with Crippen molar-refractivity contribution in [1.29, 1.82) is 5.26 Å². The van der Waals surface area contributed by atoms with E-state index in [1.54, 1.807) is 6.07 Å². The van der Waals surface area contributed by atoms with E-state index < -0.39 is 23.4 Å². The van der Waals surface area contributed by atoms with E-state index in [-0.39, 0.29) is 22.0 Å². The highest BCUT2D eigenvalue weighted by Gasteiger charge is 2.35. The molecule has 2 rings (SSSR count). The number of rotatable bonds is 7. The Labute approximate surface area is 174 Å². The molecule has 0 spiro atoms. The van der Waals surface area contributed by atoms with Crippen molar-refractivity contribution in [1.82, 2.24) is 5.32 Å². The number of amides is 1. The van der Waals surface area contributed by atoms with Gasteiger partial charge in [0.15, 0.2) is 17.1 Å². The second kappa shape index (κ2) is 9.84. The molecule has 0 aliphatic rings. The fourth-order valence-corrected chi connectivity index (χ4v) is 2.88. The van der Waals surface area contributed by atoms with Gasteiger partial charge in [-0.15, -0.1) is 0 Å². The molecule has 6 nitrogen and oxygen atoms in total. The van der Waals surface area contributed by atoms with E-state index in [0.29, 0.717) is 29.0 Å². The van der Waals surface area contributed by atoms with Crippen LogP contribution in [-0.2, 0) is 15.8 Å². The first-order chi connectivity index (χ1) is 14.2. The summed E-state index contributed by atoms with van der Waals surface area (Å²) in [5.74, 6) is -0.868. The largest absolute Gasteiger partial charge is 0.493 e. The van der Waals surface area contributed by atoms with Crippen molar-refractivity contribution in [3.63, 3.8) is 0 Å². The van der Waals surface area contributed by atoms with Crippen molar-refractivity contribution in [2.45, 2.75) is 6.18 Å². The highest BCUT2D eigenvalue weighted by atomic mass is 32.2. The van der Waals surface area contributed by atoms with Crippen LogP contribution in [0, 0.1) is 11.3 Å². The van der Waals surface area contributed by atoms with Crippen LogP contribution in [0.4, 0.5) is 13.2 Å². The number of carbonyl (C=O) groups is 2. The van der Waals surface area contributed by atoms with Crippen LogP contribution in [0.2, 0.25) is 0 Å². The molecule has 1 N–H and O–H groups in total. The Morgan fingerprint density at radius 3 is 2.43 bits per heavy atom. The number of nitriles is 1. The van der Waals surface area contributed by atoms with Crippen LogP contribution in [0.25, 0.3) is 6.08 Å². The van der Waals surface area contributed by atoms with Gasteiger partial charge in [0, 0.05) is 7.05 Å². The molecule has 0 unspecified atom stereocenters. The first kappa shape index (κ1) is 22.8. The van der Waals surface area contributed by atoms with Gasteiger partial charge in [-0.25, -0.2) is 0 Å². The summed E-state index contributed by atoms with van der Waals surface area (Å²) < 4.78 is 50.6. The summed E-state index contributed by atoms with van der Waals surface area (Å²) in [6, 6.07) is 8.93. The van der Waals surface area contributed by atoms with Crippen molar-refractivity contribution < 1.29 is 32.2 Å². The molecule has 2 aromatic carbocycles. The first-order valence-corrected chi connectivity index (χ1v) is 9.12. The second-order valence-corrected chi connectivity index (χ2v) is 6.50. The van der Waals surface area contributed by atoms with Gasteiger partial charge >= 0.3 is 6.18 Å². The normalized spacial score (nSPS) is 11.4. The molecule has 0 aliphatic heterocycles. The molecule has 1 amide bonds. The molecule has 0 atom stereocenters. The van der Waals surface area contributed by atoms with Crippen LogP contribution >= 0.6 is 11.8 Å². The number of ether oxygens (including phenoxy) is 2. The van der Waals surface area contributed by atoms with Gasteiger partial charge in [0.05, 0.1) is 29.2 Å². The van der Waals surface area contributed by atoms with Crippen molar-refractivity contribution >= 4 is 29.4 Å². The first-order valence-electron chi connectivity index (χ1n) is 8.24. The summed E-state index contributed by atoms with van der Waals surface area (Å²) in [5, 5.41) is 11.3. The Balaban J connectivity index is 2.45. The monoisotopic (exact) mass is 436 g/mol. The van der Waals surface area contributed by atoms with E-state index in [2.05, 4.69) is 5.32 Å². The molecule has 0 fully saturated rings. The maximum atomic E-state index is 13.3. The van der Waals surface area contributed by atoms with E-state index in [4.69, 9.17) is 14.7 Å². The van der Waals surface area contributed by atoms with Crippen LogP contribution in [0.5, 0.6) is 17.2 Å². The Kier molecular flexibility index (Phi) is 7.49. The number of hydrogen-bond acceptors (Lipinski definition) is 6. The van der Waals surface area contributed by atoms with Crippen molar-refractivity contribution in [3.8, 4) is 23.3 Å². The molecule has 2 aromatic rings. The predicted octanol–water partition coefficient (Wildman–Crippen LogP) is 4.39. The number of carbonyl (C=O) groups excluding carboxylic acids is 2. The summed E-state index contributed by atoms with van der Waals surface area (Å²) in [7, 11) is 2.72. The molecule has 0 saturated heterocycles. The van der Waals surface area contributed by atoms with Crippen molar-refractivity contribution in [2.75, 3.05) is 14.2 Å². The lowest BCUT2D eigenvalue weighted by molar-refractivity contribution is -0.138. The van der Waals surface area contributed by atoms with E-state index in [1.807, 2.05) is 0 Å². The van der Waals surface area contributed by atoms with Crippen LogP contribution < -0.4 is 14.8 Å². The van der Waals surface area contributed by atoms with E-state index in [1.165, 1.54) is 44.5 Å². The topological polar surface area (TPSA) is 88.4 Å². The maximum Gasteiger partial charge on any atom is 0.420 e. The van der Waals surface area contributed by atoms with Gasteiger partial charge in [0.25, 0.3) is 5.91 Å². The number of halogens is 3. The molecular weight excluding hydrogens is 421 g/mol. The Bertz CT molecular complexity index is 1030. The second-order valence-electron chi connectivity index (χ2n) is 5.63. The van der Waals surface area contributed by atoms with Gasteiger partial charge < -0.3 is 14.8 Å². The van der Waals surface area contributed by atoms with Crippen LogP contribution in [0.1, 0.15) is 16.7 Å². The van der Waals surface area contributed by atoms with Gasteiger partial charge in [-0.1, -0.05) is 6.07 Å². The molecule has 0 bridgehead atoms. The number of methoxy groups -OCH3 is 1. The smallest absolute Gasteiger partial charge is 0.420 e. The third-order valence-corrected chi connectivity index (χ3v) is 4.40. The Morgan fingerprint density at radius 2 is 1.87 bits per heavy atom. The lowest BCUT2D eigenvalue weighted by Gasteiger charge is -2.16. The van der Waals surface area contributed by atoms with Crippen molar-refractivity contribution in [3.05, 3.63) is 58.0 Å². The zero-order valence-electron chi connectivity index (χ0n) is 15.7. The SMILES string of the molecule is CNC(=O)/C(=C/c1ccc(Oc2ccc(C#N)cc2C(F)(F)F)c(OC)c1)SC=O. The average Bonchev–Trinajstić information content (AvgIpc) is 2.73. The molecular formula is C20H15F3N2O4S. The number of benzene rings is 2. The van der Waals surface area contributed by atoms with E-state index >= 15 is 0 Å². The zero-order chi connectivity index (χ0) is 22.3. The third kappa shape index (κ3) is 5.55. The Hall–Kier alpha value is -3.45. The van der Waals surface area contributed by atoms with Crippen molar-refractivity contribution in [2.24, 2.45) is 0 Å². The third-order valence-electron chi connectivity index (χ3n) is 3.75. The quantitative estimate of drug-likeness (QED) is 0.512. The van der Waals surface area contributed by atoms with Gasteiger partial charge in [-0.3, -0.25) is 9.59 Å². The van der Waals surface area contributed by atoms with Gasteiger partial charge in [-0.2, -0.15) is 18.4 Å². The minimum atomic E-state index is -4.73. The highest BCUT2D eigenvalue weighted by Crippen LogP contribution is 2.41. The van der Waals surface area contributed by atoms with Crippen LogP contribution in [0.3, 0.4) is 0 Å². The highest BCUT2D eigenvalue weighted by molar-refractivity contribution is 8.16. The lowest BCUT2D eigenvalue weighted by Crippen LogP contribution is -2.18. The van der Waals surface area contributed by atoms with Gasteiger partial charge in [0.1, 0.15) is 5.75 Å². The van der Waals surface area contributed by atoms with Gasteiger partial charge in [0.2, 0.25) is 0 Å². The summed E-state index contributed by atoms with van der Waals surface area (Å²) in [5.41, 5.74) is -0.296. The molecule has 0 heterocycles. The number of nitrogens with one attached hydrogen (secondary N) is 1. The molecule has 10 heteroatoms. The van der Waals surface area contributed by atoms with E-state index in [9.17, 15) is 22.8 Å². The molecule has 0 aromatic heterocycles. The van der Waals surface area contributed by atoms with Gasteiger partial charge in [-0.05, 0) is 53.7 Å². The average molecular weight is 436 g/mol. The zero-order valence-corrected chi connectivity index (χ0v) is 16.6. The number of alkyl halides is 3. The molecule has 156 valence electrons. The summed E-state index contributed by atoms with van der Waals surface area (Å²) in [6.45, 7) is 0. The number of likely N-dealkylation sites (N-methyl/N-ethyl adjacent to an activating group) is 1. The molecule has 0 aliphatic carbocycles. The maximum absolute atomic E-state index is 13.3. The number of nitrogens with zero attached hydrogens (tertiary/aromatic N) is 1. The predicted molar refractivity (Wildman–Crippen MR) is 106 cm³/mol. The number of thioether (sulfide) groups is 1.